The van der Waals surface area contributed by atoms with E-state index in [9.17, 15) is 0 Å². The summed E-state index contributed by atoms with van der Waals surface area (Å²) in [6.07, 6.45) is 8.72. The zero-order valence-corrected chi connectivity index (χ0v) is 9.90. The summed E-state index contributed by atoms with van der Waals surface area (Å²) in [4.78, 5) is 0. The van der Waals surface area contributed by atoms with Crippen molar-refractivity contribution in [2.24, 2.45) is 17.3 Å². The zero-order valence-electron chi connectivity index (χ0n) is 9.90. The van der Waals surface area contributed by atoms with Gasteiger partial charge in [0.25, 0.3) is 0 Å². The Kier molecular flexibility index (Phi) is 3.82. The Morgan fingerprint density at radius 3 is 2.54 bits per heavy atom. The molecule has 2 unspecified atom stereocenters. The first-order valence-electron chi connectivity index (χ1n) is 6.03. The van der Waals surface area contributed by atoms with Crippen LogP contribution in [0.5, 0.6) is 0 Å². The van der Waals surface area contributed by atoms with E-state index in [4.69, 9.17) is 0 Å². The molecule has 0 nitrogen and oxygen atoms in total. The van der Waals surface area contributed by atoms with Crippen LogP contribution in [0.1, 0.15) is 66.2 Å². The highest BCUT2D eigenvalue weighted by molar-refractivity contribution is 4.82. The maximum absolute atomic E-state index is 2.43. The fourth-order valence-electron chi connectivity index (χ4n) is 2.55. The highest BCUT2D eigenvalue weighted by Gasteiger charge is 2.30. The van der Waals surface area contributed by atoms with Gasteiger partial charge in [0.2, 0.25) is 0 Å². The van der Waals surface area contributed by atoms with Gasteiger partial charge < -0.3 is 0 Å². The highest BCUT2D eigenvalue weighted by Crippen LogP contribution is 2.43. The van der Waals surface area contributed by atoms with Crippen molar-refractivity contribution in [2.45, 2.75) is 66.2 Å². The van der Waals surface area contributed by atoms with Crippen molar-refractivity contribution >= 4 is 0 Å². The number of hydrogen-bond acceptors (Lipinski definition) is 0. The third kappa shape index (κ3) is 3.70. The van der Waals surface area contributed by atoms with E-state index in [-0.39, 0.29) is 0 Å². The van der Waals surface area contributed by atoms with Crippen molar-refractivity contribution in [1.82, 2.24) is 0 Å². The Balaban J connectivity index is 2.17. The molecule has 1 fully saturated rings. The van der Waals surface area contributed by atoms with E-state index in [1.807, 2.05) is 0 Å². The molecule has 1 saturated carbocycles. The fraction of sp³-hybridized carbons (Fsp3) is 1.00. The topological polar surface area (TPSA) is 0 Å². The predicted molar refractivity (Wildman–Crippen MR) is 59.8 cm³/mol. The molecule has 0 N–H and O–H groups in total. The summed E-state index contributed by atoms with van der Waals surface area (Å²) in [6.45, 7) is 9.55. The Hall–Kier alpha value is 0. The van der Waals surface area contributed by atoms with Crippen molar-refractivity contribution in [2.75, 3.05) is 0 Å². The second-order valence-corrected chi connectivity index (χ2v) is 5.86. The molecule has 0 aromatic rings. The van der Waals surface area contributed by atoms with E-state index in [1.54, 1.807) is 0 Å². The van der Waals surface area contributed by atoms with Gasteiger partial charge in [-0.1, -0.05) is 47.0 Å². The van der Waals surface area contributed by atoms with Gasteiger partial charge in [-0.05, 0) is 36.5 Å². The number of hydrogen-bond donors (Lipinski definition) is 0. The Bertz CT molecular complexity index is 146. The van der Waals surface area contributed by atoms with Crippen molar-refractivity contribution in [3.63, 3.8) is 0 Å². The molecule has 0 heterocycles. The van der Waals surface area contributed by atoms with E-state index >= 15 is 0 Å². The molecule has 0 amide bonds. The van der Waals surface area contributed by atoms with Gasteiger partial charge in [-0.3, -0.25) is 0 Å². The van der Waals surface area contributed by atoms with Crippen molar-refractivity contribution in [3.8, 4) is 0 Å². The van der Waals surface area contributed by atoms with Crippen LogP contribution >= 0.6 is 0 Å². The zero-order chi connectivity index (χ0) is 9.90. The van der Waals surface area contributed by atoms with Crippen molar-refractivity contribution in [1.29, 1.82) is 0 Å². The van der Waals surface area contributed by atoms with Crippen LogP contribution in [0.15, 0.2) is 0 Å². The van der Waals surface area contributed by atoms with Gasteiger partial charge in [-0.25, -0.2) is 0 Å². The summed E-state index contributed by atoms with van der Waals surface area (Å²) < 4.78 is 0. The first-order valence-corrected chi connectivity index (χ1v) is 6.03. The van der Waals surface area contributed by atoms with Crippen molar-refractivity contribution < 1.29 is 0 Å². The van der Waals surface area contributed by atoms with Gasteiger partial charge >= 0.3 is 0 Å². The molecule has 0 heteroatoms. The lowest BCUT2D eigenvalue weighted by atomic mass is 9.88. The van der Waals surface area contributed by atoms with Crippen LogP contribution in [-0.4, -0.2) is 0 Å². The van der Waals surface area contributed by atoms with Crippen LogP contribution in [0.25, 0.3) is 0 Å². The molecular weight excluding hydrogens is 156 g/mol. The molecule has 13 heavy (non-hydrogen) atoms. The second-order valence-electron chi connectivity index (χ2n) is 5.86. The fourth-order valence-corrected chi connectivity index (χ4v) is 2.55. The summed E-state index contributed by atoms with van der Waals surface area (Å²) in [6, 6.07) is 0. The van der Waals surface area contributed by atoms with Crippen LogP contribution in [0.3, 0.4) is 0 Å². The largest absolute Gasteiger partial charge is 0.0651 e. The maximum Gasteiger partial charge on any atom is -0.0351 e. The van der Waals surface area contributed by atoms with Gasteiger partial charge in [0.05, 0.1) is 0 Å². The molecule has 0 bridgehead atoms. The van der Waals surface area contributed by atoms with Gasteiger partial charge in [0.1, 0.15) is 0 Å². The van der Waals surface area contributed by atoms with Gasteiger partial charge in [-0.15, -0.1) is 0 Å². The number of rotatable bonds is 4. The van der Waals surface area contributed by atoms with Crippen LogP contribution in [0, 0.1) is 17.3 Å². The molecule has 0 radical (unpaired) electrons. The summed E-state index contributed by atoms with van der Waals surface area (Å²) in [7, 11) is 0. The Labute approximate surface area is 84.1 Å². The lowest BCUT2D eigenvalue weighted by Gasteiger charge is -2.17. The lowest BCUT2D eigenvalue weighted by Crippen LogP contribution is -2.06. The molecule has 78 valence electrons. The first kappa shape index (κ1) is 11.1. The summed E-state index contributed by atoms with van der Waals surface area (Å²) in [5.74, 6) is 1.99. The molecule has 2 atom stereocenters. The van der Waals surface area contributed by atoms with E-state index in [2.05, 4.69) is 27.7 Å². The van der Waals surface area contributed by atoms with Gasteiger partial charge in [-0.2, -0.15) is 0 Å². The molecule has 0 aliphatic heterocycles. The van der Waals surface area contributed by atoms with Crippen LogP contribution < -0.4 is 0 Å². The van der Waals surface area contributed by atoms with Crippen LogP contribution in [0.2, 0.25) is 0 Å². The SMILES string of the molecule is CCC(C)CCC1CCC(C)(C)C1. The molecular formula is C13H26. The predicted octanol–water partition coefficient (Wildman–Crippen LogP) is 4.64. The minimum Gasteiger partial charge on any atom is -0.0651 e. The lowest BCUT2D eigenvalue weighted by molar-refractivity contribution is 0.339. The average molecular weight is 182 g/mol. The van der Waals surface area contributed by atoms with Crippen molar-refractivity contribution in [3.05, 3.63) is 0 Å². The molecule has 1 aliphatic rings. The smallest absolute Gasteiger partial charge is 0.0351 e. The summed E-state index contributed by atoms with van der Waals surface area (Å²) in [5.41, 5.74) is 0.653. The van der Waals surface area contributed by atoms with E-state index in [0.29, 0.717) is 5.41 Å². The quantitative estimate of drug-likeness (QED) is 0.594. The molecule has 0 saturated heterocycles. The van der Waals surface area contributed by atoms with Gasteiger partial charge in [0.15, 0.2) is 0 Å². The normalized spacial score (nSPS) is 29.1. The minimum absolute atomic E-state index is 0.653. The monoisotopic (exact) mass is 182 g/mol. The third-order valence-electron chi connectivity index (χ3n) is 3.84. The summed E-state index contributed by atoms with van der Waals surface area (Å²) in [5, 5.41) is 0. The highest BCUT2D eigenvalue weighted by atomic mass is 14.4. The minimum atomic E-state index is 0.653. The standard InChI is InChI=1S/C13H26/c1-5-11(2)6-7-12-8-9-13(3,4)10-12/h11-12H,5-10H2,1-4H3. The molecule has 0 aromatic carbocycles. The third-order valence-corrected chi connectivity index (χ3v) is 3.84. The first-order chi connectivity index (χ1) is 6.03. The van der Waals surface area contributed by atoms with E-state index < -0.39 is 0 Å². The molecule has 1 rings (SSSR count). The average Bonchev–Trinajstić information content (AvgIpc) is 2.41. The summed E-state index contributed by atoms with van der Waals surface area (Å²) >= 11 is 0. The van der Waals surface area contributed by atoms with E-state index in [0.717, 1.165) is 11.8 Å². The molecule has 0 spiro atoms. The van der Waals surface area contributed by atoms with E-state index in [1.165, 1.54) is 38.5 Å². The molecule has 1 aliphatic carbocycles. The van der Waals surface area contributed by atoms with Gasteiger partial charge in [0, 0.05) is 0 Å². The van der Waals surface area contributed by atoms with Crippen LogP contribution in [0.4, 0.5) is 0 Å². The second kappa shape index (κ2) is 4.48. The Morgan fingerprint density at radius 2 is 2.08 bits per heavy atom. The Morgan fingerprint density at radius 1 is 1.38 bits per heavy atom. The maximum atomic E-state index is 2.43. The van der Waals surface area contributed by atoms with Crippen LogP contribution in [-0.2, 0) is 0 Å². The molecule has 0 aromatic heterocycles.